The van der Waals surface area contributed by atoms with Gasteiger partial charge < -0.3 is 29.9 Å². The van der Waals surface area contributed by atoms with Gasteiger partial charge in [-0.25, -0.2) is 0 Å². The Hall–Kier alpha value is -1.09. The summed E-state index contributed by atoms with van der Waals surface area (Å²) in [4.78, 5) is 3.98. The molecule has 0 radical (unpaired) electrons. The number of ether oxygens (including phenoxy) is 2. The number of aliphatic hydroxyl groups is 4. The fourth-order valence-electron chi connectivity index (χ4n) is 1.41. The molecule has 0 saturated heterocycles. The second-order valence-corrected chi connectivity index (χ2v) is 4.12. The molecule has 1 rings (SSSR count). The maximum atomic E-state index is 9.68. The van der Waals surface area contributed by atoms with Crippen LogP contribution in [-0.2, 0) is 9.47 Å². The smallest absolute Gasteiger partial charge is 0.198 e. The Morgan fingerprint density at radius 3 is 2.05 bits per heavy atom. The van der Waals surface area contributed by atoms with Crippen molar-refractivity contribution in [1.29, 1.82) is 0 Å². The summed E-state index contributed by atoms with van der Waals surface area (Å²) in [6.45, 7) is 0.470. The van der Waals surface area contributed by atoms with Gasteiger partial charge in [-0.1, -0.05) is 6.07 Å². The molecule has 0 amide bonds. The first-order valence-corrected chi connectivity index (χ1v) is 6.46. The highest BCUT2D eigenvalue weighted by atomic mass is 16.6. The van der Waals surface area contributed by atoms with Gasteiger partial charge in [0.1, 0.15) is 0 Å². The lowest BCUT2D eigenvalue weighted by Gasteiger charge is -2.14. The van der Waals surface area contributed by atoms with Crippen molar-refractivity contribution in [1.82, 2.24) is 4.98 Å². The van der Waals surface area contributed by atoms with Crippen LogP contribution in [0.5, 0.6) is 0 Å². The molecule has 7 heteroatoms. The Balaban J connectivity index is 2.46. The van der Waals surface area contributed by atoms with Crippen LogP contribution in [0.4, 0.5) is 0 Å². The number of hydrogen-bond donors (Lipinski definition) is 4. The van der Waals surface area contributed by atoms with Crippen molar-refractivity contribution in [3.63, 3.8) is 0 Å². The zero-order valence-electron chi connectivity index (χ0n) is 11.2. The first-order chi connectivity index (χ1) is 9.69. The molecule has 0 aliphatic carbocycles. The van der Waals surface area contributed by atoms with Gasteiger partial charge in [0, 0.05) is 25.0 Å². The second kappa shape index (κ2) is 9.76. The molecule has 7 nitrogen and oxygen atoms in total. The molecule has 0 aliphatic heterocycles. The van der Waals surface area contributed by atoms with E-state index in [-0.39, 0.29) is 26.4 Å². The van der Waals surface area contributed by atoms with E-state index in [1.165, 1.54) is 12.3 Å². The second-order valence-electron chi connectivity index (χ2n) is 4.12. The molecule has 1 aromatic rings. The quantitative estimate of drug-likeness (QED) is 0.350. The number of pyridine rings is 1. The van der Waals surface area contributed by atoms with Crippen LogP contribution in [-0.4, -0.2) is 51.8 Å². The molecule has 4 N–H and O–H groups in total. The van der Waals surface area contributed by atoms with Gasteiger partial charge >= 0.3 is 0 Å². The lowest BCUT2D eigenvalue weighted by molar-refractivity contribution is -0.110. The predicted molar refractivity (Wildman–Crippen MR) is 69.5 cm³/mol. The third-order valence-corrected chi connectivity index (χ3v) is 2.50. The summed E-state index contributed by atoms with van der Waals surface area (Å²) < 4.78 is 10.1. The van der Waals surface area contributed by atoms with Crippen LogP contribution in [0.15, 0.2) is 18.3 Å². The molecule has 0 fully saturated rings. The molecule has 0 saturated carbocycles. The maximum absolute atomic E-state index is 9.68. The van der Waals surface area contributed by atoms with Gasteiger partial charge in [0.05, 0.1) is 18.9 Å². The SMILES string of the molecule is OCCCOC(O)c1ccc(C(O)OCCCO)nc1. The van der Waals surface area contributed by atoms with Crippen LogP contribution in [0.3, 0.4) is 0 Å². The molecule has 20 heavy (non-hydrogen) atoms. The minimum atomic E-state index is -1.16. The standard InChI is InChI=1S/C13H21NO6/c15-5-1-7-19-12(17)10-3-4-11(14-9-10)13(18)20-8-2-6-16/h3-4,9,12-13,15-18H,1-2,5-8H2. The van der Waals surface area contributed by atoms with Gasteiger partial charge in [-0.15, -0.1) is 0 Å². The van der Waals surface area contributed by atoms with Gasteiger partial charge in [-0.3, -0.25) is 4.98 Å². The molecule has 0 bridgehead atoms. The fraction of sp³-hybridized carbons (Fsp3) is 0.615. The highest BCUT2D eigenvalue weighted by Crippen LogP contribution is 2.17. The van der Waals surface area contributed by atoms with Crippen molar-refractivity contribution in [3.05, 3.63) is 29.6 Å². The monoisotopic (exact) mass is 287 g/mol. The summed E-state index contributed by atoms with van der Waals surface area (Å²) in [6, 6.07) is 3.10. The Bertz CT molecular complexity index is 323. The van der Waals surface area contributed by atoms with Crippen LogP contribution in [0.1, 0.15) is 36.7 Å². The van der Waals surface area contributed by atoms with Crippen LogP contribution >= 0.6 is 0 Å². The minimum absolute atomic E-state index is 0.00127. The number of aliphatic hydroxyl groups excluding tert-OH is 4. The van der Waals surface area contributed by atoms with Crippen molar-refractivity contribution >= 4 is 0 Å². The van der Waals surface area contributed by atoms with E-state index >= 15 is 0 Å². The first-order valence-electron chi connectivity index (χ1n) is 6.46. The van der Waals surface area contributed by atoms with Crippen molar-refractivity contribution in [2.75, 3.05) is 26.4 Å². The average Bonchev–Trinajstić information content (AvgIpc) is 2.47. The summed E-state index contributed by atoms with van der Waals surface area (Å²) in [5.41, 5.74) is 0.767. The van der Waals surface area contributed by atoms with Crippen LogP contribution in [0, 0.1) is 0 Å². The third-order valence-electron chi connectivity index (χ3n) is 2.50. The van der Waals surface area contributed by atoms with Gasteiger partial charge in [0.15, 0.2) is 12.6 Å². The molecule has 1 heterocycles. The minimum Gasteiger partial charge on any atom is -0.396 e. The van der Waals surface area contributed by atoms with E-state index in [9.17, 15) is 10.2 Å². The van der Waals surface area contributed by atoms with E-state index in [1.54, 1.807) is 6.07 Å². The summed E-state index contributed by atoms with van der Waals surface area (Å²) in [5, 5.41) is 36.6. The van der Waals surface area contributed by atoms with Crippen LogP contribution in [0.2, 0.25) is 0 Å². The van der Waals surface area contributed by atoms with E-state index in [1.807, 2.05) is 0 Å². The Morgan fingerprint density at radius 2 is 1.55 bits per heavy atom. The first kappa shape index (κ1) is 17.0. The molecule has 0 aromatic carbocycles. The van der Waals surface area contributed by atoms with Crippen molar-refractivity contribution in [3.8, 4) is 0 Å². The van der Waals surface area contributed by atoms with E-state index in [2.05, 4.69) is 4.98 Å². The Morgan fingerprint density at radius 1 is 0.950 bits per heavy atom. The molecular formula is C13H21NO6. The number of rotatable bonds is 10. The molecule has 0 aliphatic rings. The third kappa shape index (κ3) is 5.91. The zero-order chi connectivity index (χ0) is 14.8. The highest BCUT2D eigenvalue weighted by molar-refractivity contribution is 5.15. The number of aromatic nitrogens is 1. The molecule has 2 unspecified atom stereocenters. The zero-order valence-corrected chi connectivity index (χ0v) is 11.2. The molecule has 2 atom stereocenters. The molecule has 1 aromatic heterocycles. The molecule has 114 valence electrons. The van der Waals surface area contributed by atoms with Crippen molar-refractivity contribution < 1.29 is 29.9 Å². The van der Waals surface area contributed by atoms with Crippen LogP contribution < -0.4 is 0 Å². The Labute approximate surface area is 117 Å². The van der Waals surface area contributed by atoms with Gasteiger partial charge in [0.25, 0.3) is 0 Å². The normalized spacial score (nSPS) is 14.2. The summed E-state index contributed by atoms with van der Waals surface area (Å²) in [7, 11) is 0. The topological polar surface area (TPSA) is 112 Å². The summed E-state index contributed by atoms with van der Waals surface area (Å²) in [6.07, 6.45) is -0.0111. The Kier molecular flexibility index (Phi) is 8.28. The van der Waals surface area contributed by atoms with Crippen molar-refractivity contribution in [2.45, 2.75) is 25.4 Å². The van der Waals surface area contributed by atoms with Gasteiger partial charge in [-0.2, -0.15) is 0 Å². The molecule has 0 spiro atoms. The van der Waals surface area contributed by atoms with Gasteiger partial charge in [-0.05, 0) is 18.9 Å². The number of nitrogens with zero attached hydrogens (tertiary/aromatic N) is 1. The van der Waals surface area contributed by atoms with Crippen molar-refractivity contribution in [2.24, 2.45) is 0 Å². The van der Waals surface area contributed by atoms with Crippen LogP contribution in [0.25, 0.3) is 0 Å². The van der Waals surface area contributed by atoms with E-state index in [0.29, 0.717) is 24.1 Å². The highest BCUT2D eigenvalue weighted by Gasteiger charge is 2.12. The fourth-order valence-corrected chi connectivity index (χ4v) is 1.41. The predicted octanol–water partition coefficient (Wildman–Crippen LogP) is -0.139. The number of hydrogen-bond acceptors (Lipinski definition) is 7. The maximum Gasteiger partial charge on any atom is 0.198 e. The lowest BCUT2D eigenvalue weighted by Crippen LogP contribution is -2.09. The van der Waals surface area contributed by atoms with Gasteiger partial charge in [0.2, 0.25) is 0 Å². The average molecular weight is 287 g/mol. The largest absolute Gasteiger partial charge is 0.396 e. The van der Waals surface area contributed by atoms with E-state index in [0.717, 1.165) is 0 Å². The summed E-state index contributed by atoms with van der Waals surface area (Å²) >= 11 is 0. The van der Waals surface area contributed by atoms with E-state index in [4.69, 9.17) is 19.7 Å². The lowest BCUT2D eigenvalue weighted by atomic mass is 10.2. The molecular weight excluding hydrogens is 266 g/mol. The van der Waals surface area contributed by atoms with E-state index < -0.39 is 12.6 Å². The summed E-state index contributed by atoms with van der Waals surface area (Å²) in [5.74, 6) is 0.